The molecular weight excluding hydrogens is 399 g/mol. The van der Waals surface area contributed by atoms with E-state index in [0.717, 1.165) is 36.2 Å². The molecule has 3 aliphatic rings. The number of halogens is 1. The first-order valence-corrected chi connectivity index (χ1v) is 12.0. The normalized spacial score (nSPS) is 29.7. The molecule has 2 unspecified atom stereocenters. The molecule has 0 N–H and O–H groups in total. The van der Waals surface area contributed by atoms with Crippen molar-refractivity contribution in [2.45, 2.75) is 43.9 Å². The quantitative estimate of drug-likeness (QED) is 0.741. The Bertz CT molecular complexity index is 859. The maximum atomic E-state index is 13.4. The fraction of sp³-hybridized carbons (Fsp3) is 0.609. The molecule has 2 aliphatic heterocycles. The molecule has 3 heterocycles. The summed E-state index contributed by atoms with van der Waals surface area (Å²) in [7, 11) is 0. The minimum atomic E-state index is -0.234. The number of likely N-dealkylation sites (tertiary alicyclic amines) is 2. The van der Waals surface area contributed by atoms with Gasteiger partial charge in [0.25, 0.3) is 0 Å². The summed E-state index contributed by atoms with van der Waals surface area (Å²) in [6.07, 6.45) is 6.67. The minimum absolute atomic E-state index is 0.113. The second-order valence-corrected chi connectivity index (χ2v) is 9.83. The molecule has 30 heavy (non-hydrogen) atoms. The Labute approximate surface area is 181 Å². The van der Waals surface area contributed by atoms with Gasteiger partial charge in [-0.3, -0.25) is 9.69 Å². The van der Waals surface area contributed by atoms with Crippen LogP contribution in [0, 0.1) is 17.7 Å². The smallest absolute Gasteiger partial charge is 0.236 e. The number of hydrogen-bond donors (Lipinski definition) is 0. The zero-order chi connectivity index (χ0) is 20.5. The largest absolute Gasteiger partial charge is 0.340 e. The van der Waals surface area contributed by atoms with Gasteiger partial charge in [0.1, 0.15) is 5.82 Å². The lowest BCUT2D eigenvalue weighted by atomic mass is 9.75. The Balaban J connectivity index is 1.27. The van der Waals surface area contributed by atoms with E-state index in [0.29, 0.717) is 19.6 Å². The topological polar surface area (TPSA) is 49.3 Å². The molecule has 160 valence electrons. The Kier molecular flexibility index (Phi) is 5.83. The zero-order valence-electron chi connectivity index (χ0n) is 17.3. The summed E-state index contributed by atoms with van der Waals surface area (Å²) < 4.78 is 17.5. The van der Waals surface area contributed by atoms with Gasteiger partial charge in [-0.1, -0.05) is 35.9 Å². The number of piperidine rings is 1. The highest BCUT2D eigenvalue weighted by Gasteiger charge is 2.39. The molecule has 1 amide bonds. The molecule has 1 aliphatic carbocycles. The number of aromatic nitrogens is 2. The summed E-state index contributed by atoms with van der Waals surface area (Å²) in [5.74, 6) is 1.87. The van der Waals surface area contributed by atoms with Crippen LogP contribution in [-0.4, -0.2) is 58.0 Å². The Hall–Kier alpha value is -1.86. The zero-order valence-corrected chi connectivity index (χ0v) is 18.1. The maximum absolute atomic E-state index is 13.4. The third-order valence-electron chi connectivity index (χ3n) is 7.46. The van der Waals surface area contributed by atoms with Crippen LogP contribution in [0.4, 0.5) is 4.39 Å². The van der Waals surface area contributed by atoms with Crippen molar-refractivity contribution in [1.82, 2.24) is 19.4 Å². The summed E-state index contributed by atoms with van der Waals surface area (Å²) in [5.41, 5.74) is 2.00. The number of fused-ring (bicyclic) bond motifs is 1. The Morgan fingerprint density at radius 2 is 1.80 bits per heavy atom. The first-order valence-electron chi connectivity index (χ1n) is 11.2. The lowest BCUT2D eigenvalue weighted by Gasteiger charge is -2.41. The highest BCUT2D eigenvalue weighted by atomic mass is 32.1. The molecule has 3 fully saturated rings. The predicted molar refractivity (Wildman–Crippen MR) is 115 cm³/mol. The van der Waals surface area contributed by atoms with E-state index >= 15 is 0 Å². The molecule has 1 aromatic heterocycles. The molecule has 1 aromatic carbocycles. The standard InChI is InChI=1S/C23H29FN4OS/c24-19-7-5-17(6-8-19)20-12-28(13-21(20)22-15-30-26-25-22)23(29)14-27-10-9-16-3-1-2-4-18(16)11-27/h5-8,15-16,18,20-21H,1-4,9-14H2/t16?,18?,20-,21+/m0/s1. The Morgan fingerprint density at radius 3 is 2.57 bits per heavy atom. The number of amides is 1. The van der Waals surface area contributed by atoms with E-state index < -0.39 is 0 Å². The van der Waals surface area contributed by atoms with Gasteiger partial charge in [0.15, 0.2) is 0 Å². The highest BCUT2D eigenvalue weighted by Crippen LogP contribution is 2.40. The van der Waals surface area contributed by atoms with Gasteiger partial charge in [-0.25, -0.2) is 4.39 Å². The number of nitrogens with zero attached hydrogens (tertiary/aromatic N) is 4. The molecule has 5 rings (SSSR count). The lowest BCUT2D eigenvalue weighted by Crippen LogP contribution is -2.46. The SMILES string of the molecule is O=C(CN1CCC2CCCCC2C1)N1C[C@@H](c2ccc(F)cc2)[C@H](c2csnn2)C1. The average Bonchev–Trinajstić information content (AvgIpc) is 3.44. The number of rotatable bonds is 4. The Morgan fingerprint density at radius 1 is 1.03 bits per heavy atom. The van der Waals surface area contributed by atoms with Crippen molar-refractivity contribution in [1.29, 1.82) is 0 Å². The van der Waals surface area contributed by atoms with E-state index in [2.05, 4.69) is 14.5 Å². The van der Waals surface area contributed by atoms with E-state index in [9.17, 15) is 9.18 Å². The van der Waals surface area contributed by atoms with Crippen molar-refractivity contribution in [3.63, 3.8) is 0 Å². The van der Waals surface area contributed by atoms with Gasteiger partial charge in [0.05, 0.1) is 12.2 Å². The van der Waals surface area contributed by atoms with Crippen molar-refractivity contribution in [3.8, 4) is 0 Å². The van der Waals surface area contributed by atoms with Gasteiger partial charge < -0.3 is 4.90 Å². The summed E-state index contributed by atoms with van der Waals surface area (Å²) >= 11 is 1.34. The van der Waals surface area contributed by atoms with Gasteiger partial charge in [-0.05, 0) is 60.5 Å². The first kappa shape index (κ1) is 20.1. The molecule has 1 saturated carbocycles. The van der Waals surface area contributed by atoms with Crippen LogP contribution in [0.5, 0.6) is 0 Å². The van der Waals surface area contributed by atoms with Crippen LogP contribution in [0.2, 0.25) is 0 Å². The molecule has 0 bridgehead atoms. The van der Waals surface area contributed by atoms with Crippen molar-refractivity contribution < 1.29 is 9.18 Å². The summed E-state index contributed by atoms with van der Waals surface area (Å²) in [4.78, 5) is 17.6. The fourth-order valence-electron chi connectivity index (χ4n) is 5.80. The summed E-state index contributed by atoms with van der Waals surface area (Å²) in [6, 6.07) is 6.69. The van der Waals surface area contributed by atoms with Crippen LogP contribution in [-0.2, 0) is 4.79 Å². The maximum Gasteiger partial charge on any atom is 0.236 e. The van der Waals surface area contributed by atoms with Crippen LogP contribution in [0.25, 0.3) is 0 Å². The van der Waals surface area contributed by atoms with Crippen molar-refractivity contribution in [2.75, 3.05) is 32.7 Å². The van der Waals surface area contributed by atoms with E-state index in [-0.39, 0.29) is 23.6 Å². The van der Waals surface area contributed by atoms with Crippen molar-refractivity contribution in [3.05, 3.63) is 46.7 Å². The van der Waals surface area contributed by atoms with E-state index in [1.54, 1.807) is 0 Å². The number of carbonyl (C=O) groups is 1. The number of hydrogen-bond acceptors (Lipinski definition) is 5. The third kappa shape index (κ3) is 4.14. The molecule has 0 spiro atoms. The van der Waals surface area contributed by atoms with E-state index in [1.807, 2.05) is 22.4 Å². The molecular formula is C23H29FN4OS. The van der Waals surface area contributed by atoms with Gasteiger partial charge in [-0.2, -0.15) is 0 Å². The van der Waals surface area contributed by atoms with Crippen LogP contribution in [0.1, 0.15) is 55.2 Å². The van der Waals surface area contributed by atoms with Gasteiger partial charge in [-0.15, -0.1) is 5.10 Å². The second-order valence-electron chi connectivity index (χ2n) is 9.22. The van der Waals surface area contributed by atoms with Crippen molar-refractivity contribution >= 4 is 17.4 Å². The molecule has 2 aromatic rings. The van der Waals surface area contributed by atoms with Crippen LogP contribution in [0.15, 0.2) is 29.6 Å². The molecule has 2 saturated heterocycles. The lowest BCUT2D eigenvalue weighted by molar-refractivity contribution is -0.132. The van der Waals surface area contributed by atoms with Crippen molar-refractivity contribution in [2.24, 2.45) is 11.8 Å². The summed E-state index contributed by atoms with van der Waals surface area (Å²) in [6.45, 7) is 3.95. The van der Waals surface area contributed by atoms with Gasteiger partial charge >= 0.3 is 0 Å². The van der Waals surface area contributed by atoms with Gasteiger partial charge in [0.2, 0.25) is 5.91 Å². The molecule has 5 nitrogen and oxygen atoms in total. The van der Waals surface area contributed by atoms with Crippen LogP contribution >= 0.6 is 11.5 Å². The first-order chi connectivity index (χ1) is 14.7. The predicted octanol–water partition coefficient (Wildman–Crippen LogP) is 3.90. The highest BCUT2D eigenvalue weighted by molar-refractivity contribution is 7.03. The average molecular weight is 429 g/mol. The molecule has 4 atom stereocenters. The third-order valence-corrected chi connectivity index (χ3v) is 7.98. The van der Waals surface area contributed by atoms with E-state index in [1.165, 1.54) is 55.8 Å². The summed E-state index contributed by atoms with van der Waals surface area (Å²) in [5, 5.41) is 6.27. The monoisotopic (exact) mass is 428 g/mol. The van der Waals surface area contributed by atoms with E-state index in [4.69, 9.17) is 0 Å². The molecule has 0 radical (unpaired) electrons. The number of benzene rings is 1. The van der Waals surface area contributed by atoms with Gasteiger partial charge in [0, 0.05) is 36.9 Å². The van der Waals surface area contributed by atoms with Crippen LogP contribution < -0.4 is 0 Å². The molecule has 7 heteroatoms. The second kappa shape index (κ2) is 8.71. The number of carbonyl (C=O) groups excluding carboxylic acids is 1. The van der Waals surface area contributed by atoms with Crippen LogP contribution in [0.3, 0.4) is 0 Å². The minimum Gasteiger partial charge on any atom is -0.340 e. The fourth-order valence-corrected chi connectivity index (χ4v) is 6.32.